The van der Waals surface area contributed by atoms with Gasteiger partial charge in [-0.3, -0.25) is 4.79 Å². The van der Waals surface area contributed by atoms with Gasteiger partial charge in [0.15, 0.2) is 5.76 Å². The summed E-state index contributed by atoms with van der Waals surface area (Å²) < 4.78 is 17.1. The SMILES string of the molecule is CCOC(OCC)c1cc2ccc(C(=O)NC3CN4CCC3CC4)cc2o1. The second-order valence-corrected chi connectivity index (χ2v) is 7.36. The number of piperidine rings is 3. The molecular formula is C21H28N2O4. The number of ether oxygens (including phenoxy) is 2. The summed E-state index contributed by atoms with van der Waals surface area (Å²) in [5.41, 5.74) is 1.31. The molecule has 3 saturated heterocycles. The lowest BCUT2D eigenvalue weighted by molar-refractivity contribution is -0.150. The first kappa shape index (κ1) is 18.5. The number of fused-ring (bicyclic) bond motifs is 4. The molecule has 1 atom stereocenters. The predicted molar refractivity (Wildman–Crippen MR) is 103 cm³/mol. The molecule has 6 nitrogen and oxygen atoms in total. The zero-order valence-corrected chi connectivity index (χ0v) is 16.1. The first-order chi connectivity index (χ1) is 13.2. The van der Waals surface area contributed by atoms with Crippen LogP contribution in [-0.4, -0.2) is 49.7 Å². The molecule has 4 heterocycles. The van der Waals surface area contributed by atoms with E-state index in [1.807, 2.05) is 38.1 Å². The molecule has 2 bridgehead atoms. The van der Waals surface area contributed by atoms with E-state index < -0.39 is 6.29 Å². The van der Waals surface area contributed by atoms with Crippen molar-refractivity contribution in [2.75, 3.05) is 32.8 Å². The third-order valence-electron chi connectivity index (χ3n) is 5.64. The number of amides is 1. The monoisotopic (exact) mass is 372 g/mol. The summed E-state index contributed by atoms with van der Waals surface area (Å²) in [6.45, 7) is 8.22. The fraction of sp³-hybridized carbons (Fsp3) is 0.571. The Labute approximate surface area is 159 Å². The fourth-order valence-corrected chi connectivity index (χ4v) is 4.20. The smallest absolute Gasteiger partial charge is 0.251 e. The van der Waals surface area contributed by atoms with Crippen LogP contribution in [0, 0.1) is 5.92 Å². The van der Waals surface area contributed by atoms with Crippen LogP contribution in [-0.2, 0) is 9.47 Å². The highest BCUT2D eigenvalue weighted by atomic mass is 16.7. The topological polar surface area (TPSA) is 63.9 Å². The van der Waals surface area contributed by atoms with Crippen LogP contribution in [0.1, 0.15) is 49.1 Å². The summed E-state index contributed by atoms with van der Waals surface area (Å²) >= 11 is 0. The first-order valence-electron chi connectivity index (χ1n) is 9.97. The molecular weight excluding hydrogens is 344 g/mol. The molecule has 0 spiro atoms. The maximum atomic E-state index is 12.8. The minimum Gasteiger partial charge on any atom is -0.456 e. The van der Waals surface area contributed by atoms with Crippen molar-refractivity contribution in [2.45, 2.75) is 39.0 Å². The third kappa shape index (κ3) is 3.88. The number of hydrogen-bond acceptors (Lipinski definition) is 5. The summed E-state index contributed by atoms with van der Waals surface area (Å²) in [6.07, 6.45) is 1.85. The van der Waals surface area contributed by atoms with Crippen molar-refractivity contribution in [3.8, 4) is 0 Å². The predicted octanol–water partition coefficient (Wildman–Crippen LogP) is 3.33. The minimum atomic E-state index is -0.517. The molecule has 3 fully saturated rings. The van der Waals surface area contributed by atoms with E-state index in [1.165, 1.54) is 25.9 Å². The lowest BCUT2D eigenvalue weighted by Gasteiger charge is -2.44. The van der Waals surface area contributed by atoms with Gasteiger partial charge in [-0.1, -0.05) is 6.07 Å². The third-order valence-corrected chi connectivity index (χ3v) is 5.64. The van der Waals surface area contributed by atoms with Gasteiger partial charge in [0.25, 0.3) is 5.91 Å². The van der Waals surface area contributed by atoms with Crippen LogP contribution in [0.3, 0.4) is 0 Å². The summed E-state index contributed by atoms with van der Waals surface area (Å²) in [4.78, 5) is 15.2. The van der Waals surface area contributed by atoms with Crippen LogP contribution in [0.5, 0.6) is 0 Å². The Morgan fingerprint density at radius 2 is 1.96 bits per heavy atom. The zero-order valence-electron chi connectivity index (χ0n) is 16.1. The van der Waals surface area contributed by atoms with Gasteiger partial charge in [0.1, 0.15) is 5.58 Å². The number of carbonyl (C=O) groups excluding carboxylic acids is 1. The minimum absolute atomic E-state index is 0.0280. The van der Waals surface area contributed by atoms with Gasteiger partial charge in [0.05, 0.1) is 0 Å². The standard InChI is InChI=1S/C21H28N2O4/c1-3-25-21(26-4-2)19-11-15-5-6-16(12-18(15)27-19)20(24)22-17-13-23-9-7-14(17)8-10-23/h5-6,11-12,14,17,21H,3-4,7-10,13H2,1-2H3,(H,22,24). The average molecular weight is 372 g/mol. The fourth-order valence-electron chi connectivity index (χ4n) is 4.20. The van der Waals surface area contributed by atoms with Crippen LogP contribution in [0.2, 0.25) is 0 Å². The van der Waals surface area contributed by atoms with Crippen LogP contribution < -0.4 is 5.32 Å². The number of hydrogen-bond donors (Lipinski definition) is 1. The molecule has 0 aliphatic carbocycles. The first-order valence-corrected chi connectivity index (χ1v) is 9.97. The van der Waals surface area contributed by atoms with Gasteiger partial charge in [0.2, 0.25) is 6.29 Å². The van der Waals surface area contributed by atoms with E-state index in [2.05, 4.69) is 10.2 Å². The van der Waals surface area contributed by atoms with Crippen molar-refractivity contribution in [1.82, 2.24) is 10.2 Å². The lowest BCUT2D eigenvalue weighted by Crippen LogP contribution is -2.57. The average Bonchev–Trinajstić information content (AvgIpc) is 3.12. The Balaban J connectivity index is 1.50. The molecule has 2 aromatic rings. The summed E-state index contributed by atoms with van der Waals surface area (Å²) in [7, 11) is 0. The van der Waals surface area contributed by atoms with Gasteiger partial charge in [0, 0.05) is 36.8 Å². The van der Waals surface area contributed by atoms with Gasteiger partial charge < -0.3 is 24.1 Å². The highest BCUT2D eigenvalue weighted by Crippen LogP contribution is 2.29. The van der Waals surface area contributed by atoms with Gasteiger partial charge in [-0.05, 0) is 63.9 Å². The van der Waals surface area contributed by atoms with Gasteiger partial charge >= 0.3 is 0 Å². The molecule has 146 valence electrons. The van der Waals surface area contributed by atoms with E-state index in [0.717, 1.165) is 11.9 Å². The molecule has 3 aliphatic rings. The molecule has 6 heteroatoms. The van der Waals surface area contributed by atoms with E-state index >= 15 is 0 Å². The molecule has 1 aromatic heterocycles. The maximum absolute atomic E-state index is 12.8. The second kappa shape index (κ2) is 8.00. The molecule has 1 amide bonds. The molecule has 1 unspecified atom stereocenters. The molecule has 0 radical (unpaired) electrons. The van der Waals surface area contributed by atoms with Crippen molar-refractivity contribution in [2.24, 2.45) is 5.92 Å². The highest BCUT2D eigenvalue weighted by molar-refractivity contribution is 5.97. The molecule has 3 aliphatic heterocycles. The van der Waals surface area contributed by atoms with Crippen LogP contribution in [0.4, 0.5) is 0 Å². The van der Waals surface area contributed by atoms with Gasteiger partial charge in [-0.2, -0.15) is 0 Å². The quantitative estimate of drug-likeness (QED) is 0.756. The van der Waals surface area contributed by atoms with Gasteiger partial charge in [-0.15, -0.1) is 0 Å². The van der Waals surface area contributed by atoms with Crippen molar-refractivity contribution >= 4 is 16.9 Å². The van der Waals surface area contributed by atoms with Crippen molar-refractivity contribution in [3.63, 3.8) is 0 Å². The van der Waals surface area contributed by atoms with Gasteiger partial charge in [-0.25, -0.2) is 0 Å². The van der Waals surface area contributed by atoms with E-state index in [4.69, 9.17) is 13.9 Å². The summed E-state index contributed by atoms with van der Waals surface area (Å²) in [5.74, 6) is 1.21. The lowest BCUT2D eigenvalue weighted by atomic mass is 9.84. The summed E-state index contributed by atoms with van der Waals surface area (Å²) in [6, 6.07) is 7.76. The normalized spacial score (nSPS) is 24.6. The molecule has 1 aromatic carbocycles. The number of nitrogens with one attached hydrogen (secondary N) is 1. The molecule has 1 N–H and O–H groups in total. The van der Waals surface area contributed by atoms with Crippen molar-refractivity contribution in [3.05, 3.63) is 35.6 Å². The van der Waals surface area contributed by atoms with Crippen LogP contribution >= 0.6 is 0 Å². The van der Waals surface area contributed by atoms with E-state index in [-0.39, 0.29) is 11.9 Å². The number of benzene rings is 1. The Kier molecular flexibility index (Phi) is 5.48. The van der Waals surface area contributed by atoms with Crippen molar-refractivity contribution in [1.29, 1.82) is 0 Å². The zero-order chi connectivity index (χ0) is 18.8. The Morgan fingerprint density at radius 3 is 2.59 bits per heavy atom. The number of furan rings is 1. The largest absolute Gasteiger partial charge is 0.456 e. The number of rotatable bonds is 7. The van der Waals surface area contributed by atoms with E-state index in [0.29, 0.717) is 36.0 Å². The van der Waals surface area contributed by atoms with E-state index in [1.54, 1.807) is 0 Å². The molecule has 5 rings (SSSR count). The maximum Gasteiger partial charge on any atom is 0.251 e. The highest BCUT2D eigenvalue weighted by Gasteiger charge is 2.35. The van der Waals surface area contributed by atoms with Crippen LogP contribution in [0.25, 0.3) is 11.0 Å². The van der Waals surface area contributed by atoms with Crippen molar-refractivity contribution < 1.29 is 18.7 Å². The number of nitrogens with zero attached hydrogens (tertiary/aromatic N) is 1. The van der Waals surface area contributed by atoms with Crippen LogP contribution in [0.15, 0.2) is 28.7 Å². The Bertz CT molecular complexity index is 789. The Hall–Kier alpha value is -1.89. The Morgan fingerprint density at radius 1 is 1.22 bits per heavy atom. The van der Waals surface area contributed by atoms with E-state index in [9.17, 15) is 4.79 Å². The molecule has 0 saturated carbocycles. The second-order valence-electron chi connectivity index (χ2n) is 7.36. The summed E-state index contributed by atoms with van der Waals surface area (Å²) in [5, 5.41) is 4.17. The molecule has 27 heavy (non-hydrogen) atoms. The number of carbonyl (C=O) groups is 1.